The third kappa shape index (κ3) is 3.04. The molecular weight excluding hydrogens is 333 g/mol. The molecule has 0 fully saturated rings. The van der Waals surface area contributed by atoms with Crippen LogP contribution in [0.4, 0.5) is 0 Å². The van der Waals surface area contributed by atoms with Crippen LogP contribution in [0, 0.1) is 6.07 Å². The van der Waals surface area contributed by atoms with Gasteiger partial charge in [0, 0.05) is 21.1 Å². The fourth-order valence-corrected chi connectivity index (χ4v) is 0.693. The van der Waals surface area contributed by atoms with Crippen LogP contribution in [0.25, 0.3) is 0 Å². The summed E-state index contributed by atoms with van der Waals surface area (Å²) in [7, 11) is 0. The van der Waals surface area contributed by atoms with Gasteiger partial charge in [0.1, 0.15) is 0 Å². The van der Waals surface area contributed by atoms with Crippen molar-refractivity contribution in [3.05, 3.63) is 35.9 Å². The summed E-state index contributed by atoms with van der Waals surface area (Å²) >= 11 is 5.46. The molecule has 4 heteroatoms. The second-order valence-corrected chi connectivity index (χ2v) is 2.03. The third-order valence-electron chi connectivity index (χ3n) is 1.02. The second kappa shape index (κ2) is 5.34. The first-order valence-electron chi connectivity index (χ1n) is 2.69. The summed E-state index contributed by atoms with van der Waals surface area (Å²) in [6.45, 7) is 0. The first-order chi connectivity index (χ1) is 4.84. The van der Waals surface area contributed by atoms with E-state index in [4.69, 9.17) is 16.8 Å². The molecule has 1 aromatic carbocycles. The second-order valence-electron chi connectivity index (χ2n) is 1.67. The first-order valence-corrected chi connectivity index (χ1v) is 3.07. The Balaban J connectivity index is 0.000001000. The van der Waals surface area contributed by atoms with Crippen molar-refractivity contribution < 1.29 is 26.3 Å². The maximum Gasteiger partial charge on any atom is 0.0911 e. The molecule has 0 unspecified atom stereocenters. The predicted octanol–water partition coefficient (Wildman–Crippen LogP) is 1.86. The molecule has 1 N–H and O–H groups in total. The van der Waals surface area contributed by atoms with E-state index in [0.29, 0.717) is 5.56 Å². The van der Waals surface area contributed by atoms with Crippen LogP contribution in [0.5, 0.6) is 0 Å². The minimum Gasteiger partial charge on any atom is -0.419 e. The van der Waals surface area contributed by atoms with Crippen molar-refractivity contribution in [2.24, 2.45) is 5.16 Å². The average molecular weight is 338 g/mol. The summed E-state index contributed by atoms with van der Waals surface area (Å²) in [4.78, 5) is 0. The van der Waals surface area contributed by atoms with Gasteiger partial charge in [-0.05, 0) is 0 Å². The summed E-state index contributed by atoms with van der Waals surface area (Å²) in [5, 5.41) is 11.1. The molecule has 1 rings (SSSR count). The van der Waals surface area contributed by atoms with Crippen LogP contribution in [0.1, 0.15) is 5.56 Å². The van der Waals surface area contributed by atoms with Crippen molar-refractivity contribution in [3.8, 4) is 0 Å². The molecule has 0 aromatic heterocycles. The average Bonchev–Trinajstić information content (AvgIpc) is 2.05. The Morgan fingerprint density at radius 1 is 1.55 bits per heavy atom. The maximum atomic E-state index is 8.22. The van der Waals surface area contributed by atoms with Crippen LogP contribution in [0.15, 0.2) is 29.4 Å². The zero-order valence-corrected chi connectivity index (χ0v) is 9.18. The molecule has 0 heterocycles. The van der Waals surface area contributed by atoms with Gasteiger partial charge in [-0.2, -0.15) is 0 Å². The van der Waals surface area contributed by atoms with Crippen LogP contribution in [-0.2, 0) is 21.1 Å². The molecule has 0 bridgehead atoms. The maximum absolute atomic E-state index is 8.22. The summed E-state index contributed by atoms with van der Waals surface area (Å²) < 4.78 is 0. The predicted molar refractivity (Wildman–Crippen MR) is 39.5 cm³/mol. The van der Waals surface area contributed by atoms with Gasteiger partial charge in [-0.15, -0.1) is 52.7 Å². The van der Waals surface area contributed by atoms with Crippen LogP contribution < -0.4 is 0 Å². The summed E-state index contributed by atoms with van der Waals surface area (Å²) in [6, 6.07) is 9.81. The van der Waals surface area contributed by atoms with E-state index in [2.05, 4.69) is 11.2 Å². The van der Waals surface area contributed by atoms with E-state index in [1.54, 1.807) is 18.2 Å². The topological polar surface area (TPSA) is 32.6 Å². The Hall–Kier alpha value is -0.332. The van der Waals surface area contributed by atoms with Crippen LogP contribution >= 0.6 is 11.6 Å². The van der Waals surface area contributed by atoms with E-state index < -0.39 is 0 Å². The van der Waals surface area contributed by atoms with Gasteiger partial charge in [-0.25, -0.2) is 0 Å². The molecule has 58 valence electrons. The number of hydrogen-bond donors (Lipinski definition) is 1. The minimum absolute atomic E-state index is 0. The van der Waals surface area contributed by atoms with E-state index >= 15 is 0 Å². The number of benzene rings is 1. The van der Waals surface area contributed by atoms with E-state index in [1.165, 1.54) is 0 Å². The van der Waals surface area contributed by atoms with Gasteiger partial charge in [-0.1, -0.05) is 0 Å². The van der Waals surface area contributed by atoms with E-state index in [1.807, 2.05) is 6.07 Å². The Kier molecular flexibility index (Phi) is 5.17. The van der Waals surface area contributed by atoms with Crippen molar-refractivity contribution in [2.45, 2.75) is 0 Å². The van der Waals surface area contributed by atoms with Crippen molar-refractivity contribution >= 4 is 16.8 Å². The summed E-state index contributed by atoms with van der Waals surface area (Å²) in [5.74, 6) is 0. The molecule has 0 saturated heterocycles. The first kappa shape index (κ1) is 10.7. The normalized spacial score (nSPS) is 10.5. The molecule has 2 nitrogen and oxygen atoms in total. The smallest absolute Gasteiger partial charge is 0.0911 e. The number of nitrogens with zero attached hydrogens (tertiary/aromatic N) is 1. The van der Waals surface area contributed by atoms with E-state index in [0.717, 1.165) is 0 Å². The molecule has 0 spiro atoms. The molecule has 0 amide bonds. The third-order valence-corrected chi connectivity index (χ3v) is 1.30. The Bertz CT molecular complexity index is 237. The number of hydrogen-bond acceptors (Lipinski definition) is 2. The van der Waals surface area contributed by atoms with Gasteiger partial charge < -0.3 is 5.21 Å². The Labute approximate surface area is 84.1 Å². The van der Waals surface area contributed by atoms with Crippen molar-refractivity contribution in [2.75, 3.05) is 0 Å². The largest absolute Gasteiger partial charge is 0.419 e. The number of halogens is 1. The molecule has 0 saturated carbocycles. The van der Waals surface area contributed by atoms with Gasteiger partial charge in [0.05, 0.1) is 5.17 Å². The minimum atomic E-state index is 0. The monoisotopic (exact) mass is 338 g/mol. The molecule has 0 aliphatic carbocycles. The SMILES string of the molecule is O/N=C(\Cl)c1[c-]cccc1.[W]. The summed E-state index contributed by atoms with van der Waals surface area (Å²) in [5.41, 5.74) is 0.590. The zero-order chi connectivity index (χ0) is 7.40. The molecule has 1 aromatic rings. The fourth-order valence-electron chi connectivity index (χ4n) is 0.576. The zero-order valence-electron chi connectivity index (χ0n) is 5.49. The van der Waals surface area contributed by atoms with Gasteiger partial charge >= 0.3 is 0 Å². The Morgan fingerprint density at radius 2 is 2.27 bits per heavy atom. The summed E-state index contributed by atoms with van der Waals surface area (Å²) in [6.07, 6.45) is 0. The number of rotatable bonds is 1. The van der Waals surface area contributed by atoms with E-state index in [-0.39, 0.29) is 26.2 Å². The van der Waals surface area contributed by atoms with Crippen molar-refractivity contribution in [1.82, 2.24) is 0 Å². The van der Waals surface area contributed by atoms with Crippen molar-refractivity contribution in [3.63, 3.8) is 0 Å². The molecular formula is C7H5ClNOW-. The van der Waals surface area contributed by atoms with Gasteiger partial charge in [0.15, 0.2) is 0 Å². The molecule has 0 radical (unpaired) electrons. The molecule has 11 heavy (non-hydrogen) atoms. The number of oxime groups is 1. The van der Waals surface area contributed by atoms with Crippen molar-refractivity contribution in [1.29, 1.82) is 0 Å². The molecule has 0 aliphatic rings. The molecule has 0 atom stereocenters. The van der Waals surface area contributed by atoms with E-state index in [9.17, 15) is 0 Å². The fraction of sp³-hybridized carbons (Fsp3) is 0. The van der Waals surface area contributed by atoms with Gasteiger partial charge in [0.25, 0.3) is 0 Å². The molecule has 0 aliphatic heterocycles. The Morgan fingerprint density at radius 3 is 2.73 bits per heavy atom. The standard InChI is InChI=1S/C7H5ClNO.W/c8-7(9-10)6-4-2-1-3-5-6;/h1-4,10H;/q-1;/b9-7-;. The van der Waals surface area contributed by atoms with Crippen LogP contribution in [0.2, 0.25) is 0 Å². The quantitative estimate of drug-likeness (QED) is 0.360. The van der Waals surface area contributed by atoms with Crippen LogP contribution in [-0.4, -0.2) is 10.4 Å². The van der Waals surface area contributed by atoms with Gasteiger partial charge in [-0.3, -0.25) is 0 Å². The van der Waals surface area contributed by atoms with Crippen LogP contribution in [0.3, 0.4) is 0 Å². The van der Waals surface area contributed by atoms with Gasteiger partial charge in [0.2, 0.25) is 0 Å².